The molecule has 0 heterocycles. The van der Waals surface area contributed by atoms with Crippen molar-refractivity contribution in [1.82, 2.24) is 5.32 Å². The van der Waals surface area contributed by atoms with Gasteiger partial charge in [-0.1, -0.05) is 37.0 Å². The third-order valence-corrected chi connectivity index (χ3v) is 2.80. The van der Waals surface area contributed by atoms with Crippen LogP contribution in [0.15, 0.2) is 28.8 Å². The number of hydrogen-bond donors (Lipinski definition) is 1. The van der Waals surface area contributed by atoms with Gasteiger partial charge in [-0.15, -0.1) is 0 Å². The van der Waals surface area contributed by atoms with Crippen LogP contribution in [0.1, 0.15) is 19.4 Å². The molecule has 0 bridgehead atoms. The van der Waals surface area contributed by atoms with Gasteiger partial charge >= 0.3 is 0 Å². The van der Waals surface area contributed by atoms with E-state index in [9.17, 15) is 4.39 Å². The van der Waals surface area contributed by atoms with Gasteiger partial charge in [-0.25, -0.2) is 4.39 Å². The Hall–Kier alpha value is -0.770. The number of nitrogens with one attached hydrogen (secondary N) is 1. The van der Waals surface area contributed by atoms with Crippen LogP contribution in [0.3, 0.4) is 0 Å². The Morgan fingerprint density at radius 3 is 2.83 bits per heavy atom. The molecule has 0 aliphatic heterocycles. The predicted molar refractivity (Wildman–Crippen MR) is 73.7 cm³/mol. The predicted octanol–water partition coefficient (Wildman–Crippen LogP) is 4.02. The molecule has 5 heteroatoms. The van der Waals surface area contributed by atoms with Gasteiger partial charge in [0, 0.05) is 23.7 Å². The van der Waals surface area contributed by atoms with Crippen molar-refractivity contribution in [3.8, 4) is 5.75 Å². The van der Waals surface area contributed by atoms with E-state index in [1.165, 1.54) is 17.7 Å². The summed E-state index contributed by atoms with van der Waals surface area (Å²) in [5.74, 6) is 0.308. The molecule has 0 radical (unpaired) electrons. The lowest BCUT2D eigenvalue weighted by atomic mass is 10.2. The summed E-state index contributed by atoms with van der Waals surface area (Å²) in [6, 6.07) is 4.70. The minimum atomic E-state index is -0.290. The molecule has 0 atom stereocenters. The Morgan fingerprint density at radius 2 is 2.22 bits per heavy atom. The monoisotopic (exact) mass is 291 g/mol. The molecule has 0 saturated carbocycles. The molecule has 100 valence electrons. The zero-order chi connectivity index (χ0) is 13.5. The Bertz CT molecular complexity index is 421. The van der Waals surface area contributed by atoms with E-state index in [1.807, 2.05) is 13.8 Å². The first-order valence-electron chi connectivity index (χ1n) is 5.62. The van der Waals surface area contributed by atoms with Crippen molar-refractivity contribution < 1.29 is 9.13 Å². The van der Waals surface area contributed by atoms with Crippen LogP contribution < -0.4 is 10.1 Å². The molecule has 1 aromatic rings. The number of benzene rings is 1. The average molecular weight is 292 g/mol. The minimum absolute atomic E-state index is 0.172. The molecule has 18 heavy (non-hydrogen) atoms. The van der Waals surface area contributed by atoms with E-state index in [2.05, 4.69) is 5.32 Å². The largest absolute Gasteiger partial charge is 0.488 e. The van der Waals surface area contributed by atoms with Crippen LogP contribution in [0.25, 0.3) is 0 Å². The number of rotatable bonds is 6. The highest BCUT2D eigenvalue weighted by molar-refractivity contribution is 6.36. The molecule has 0 aliphatic rings. The van der Waals surface area contributed by atoms with Gasteiger partial charge in [-0.3, -0.25) is 0 Å². The van der Waals surface area contributed by atoms with E-state index in [-0.39, 0.29) is 12.4 Å². The van der Waals surface area contributed by atoms with Gasteiger partial charge in [0.1, 0.15) is 18.2 Å². The first-order chi connectivity index (χ1) is 8.52. The quantitative estimate of drug-likeness (QED) is 0.855. The van der Waals surface area contributed by atoms with Gasteiger partial charge in [0.2, 0.25) is 0 Å². The van der Waals surface area contributed by atoms with Crippen molar-refractivity contribution in [2.24, 2.45) is 0 Å². The molecule has 1 N–H and O–H groups in total. The van der Waals surface area contributed by atoms with E-state index >= 15 is 0 Å². The Kier molecular flexibility index (Phi) is 6.47. The highest BCUT2D eigenvalue weighted by atomic mass is 35.5. The zero-order valence-electron chi connectivity index (χ0n) is 10.3. The maximum atomic E-state index is 13.2. The molecule has 0 amide bonds. The van der Waals surface area contributed by atoms with Crippen LogP contribution >= 0.6 is 23.2 Å². The highest BCUT2D eigenvalue weighted by Gasteiger charge is 2.07. The van der Waals surface area contributed by atoms with E-state index in [1.54, 1.807) is 6.07 Å². The second kappa shape index (κ2) is 7.62. The third kappa shape index (κ3) is 5.25. The summed E-state index contributed by atoms with van der Waals surface area (Å²) < 4.78 is 18.7. The third-order valence-electron chi connectivity index (χ3n) is 2.21. The maximum Gasteiger partial charge on any atom is 0.125 e. The molecular weight excluding hydrogens is 276 g/mol. The van der Waals surface area contributed by atoms with Crippen molar-refractivity contribution >= 4 is 23.2 Å². The average Bonchev–Trinajstić information content (AvgIpc) is 2.34. The van der Waals surface area contributed by atoms with Crippen LogP contribution in [0, 0.1) is 5.82 Å². The Labute approximate surface area is 117 Å². The minimum Gasteiger partial charge on any atom is -0.488 e. The van der Waals surface area contributed by atoms with Gasteiger partial charge in [0.15, 0.2) is 0 Å². The number of ether oxygens (including phenoxy) is 1. The van der Waals surface area contributed by atoms with Gasteiger partial charge < -0.3 is 10.1 Å². The summed E-state index contributed by atoms with van der Waals surface area (Å²) in [4.78, 5) is 0. The lowest BCUT2D eigenvalue weighted by Crippen LogP contribution is -2.22. The van der Waals surface area contributed by atoms with Crippen molar-refractivity contribution in [2.75, 3.05) is 6.61 Å². The van der Waals surface area contributed by atoms with Crippen molar-refractivity contribution in [3.05, 3.63) is 40.1 Å². The maximum absolute atomic E-state index is 13.2. The van der Waals surface area contributed by atoms with Crippen LogP contribution in [0.5, 0.6) is 5.75 Å². The van der Waals surface area contributed by atoms with Crippen LogP contribution in [0.4, 0.5) is 4.39 Å². The van der Waals surface area contributed by atoms with E-state index < -0.39 is 0 Å². The normalized spacial score (nSPS) is 12.0. The lowest BCUT2D eigenvalue weighted by Gasteiger charge is -2.13. The molecule has 2 nitrogen and oxygen atoms in total. The molecular formula is C13H16Cl2FNO. The van der Waals surface area contributed by atoms with E-state index in [0.29, 0.717) is 23.4 Å². The van der Waals surface area contributed by atoms with E-state index in [4.69, 9.17) is 27.9 Å². The second-order valence-electron chi connectivity index (χ2n) is 4.13. The van der Waals surface area contributed by atoms with Gasteiger partial charge in [0.25, 0.3) is 0 Å². The summed E-state index contributed by atoms with van der Waals surface area (Å²) in [5.41, 5.74) is 2.00. The van der Waals surface area contributed by atoms with Crippen LogP contribution in [-0.2, 0) is 6.54 Å². The zero-order valence-corrected chi connectivity index (χ0v) is 11.9. The Balaban J connectivity index is 2.76. The first kappa shape index (κ1) is 15.3. The van der Waals surface area contributed by atoms with E-state index in [0.717, 1.165) is 5.56 Å². The van der Waals surface area contributed by atoms with Crippen molar-refractivity contribution in [1.29, 1.82) is 0 Å². The molecule has 0 fully saturated rings. The summed E-state index contributed by atoms with van der Waals surface area (Å²) in [6.07, 6.45) is 0. The molecule has 0 aromatic heterocycles. The molecule has 0 unspecified atom stereocenters. The van der Waals surface area contributed by atoms with Crippen molar-refractivity contribution in [2.45, 2.75) is 26.4 Å². The summed E-state index contributed by atoms with van der Waals surface area (Å²) >= 11 is 11.2. The Morgan fingerprint density at radius 1 is 1.50 bits per heavy atom. The first-order valence-corrected chi connectivity index (χ1v) is 6.43. The molecule has 0 saturated heterocycles. The fourth-order valence-corrected chi connectivity index (χ4v) is 1.44. The standard InChI is InChI=1S/C13H16Cl2FNO/c1-9(2)17-7-10-5-12(16)3-4-13(10)18-8-11(15)6-14/h3-6,9,17H,7-8H2,1-2H3/b11-6-. The van der Waals surface area contributed by atoms with Gasteiger partial charge in [-0.2, -0.15) is 0 Å². The second-order valence-corrected chi connectivity index (χ2v) is 4.84. The van der Waals surface area contributed by atoms with Gasteiger partial charge in [0.05, 0.1) is 5.03 Å². The van der Waals surface area contributed by atoms with Crippen molar-refractivity contribution in [3.63, 3.8) is 0 Å². The SMILES string of the molecule is CC(C)NCc1cc(F)ccc1OC/C(Cl)=C/Cl. The summed E-state index contributed by atoms with van der Waals surface area (Å²) in [7, 11) is 0. The topological polar surface area (TPSA) is 21.3 Å². The fourth-order valence-electron chi connectivity index (χ4n) is 1.32. The molecule has 0 spiro atoms. The van der Waals surface area contributed by atoms with Crippen LogP contribution in [0.2, 0.25) is 0 Å². The molecule has 1 aromatic carbocycles. The summed E-state index contributed by atoms with van der Waals surface area (Å²) in [6.45, 7) is 4.75. The fraction of sp³-hybridized carbons (Fsp3) is 0.385. The lowest BCUT2D eigenvalue weighted by molar-refractivity contribution is 0.352. The molecule has 0 aliphatic carbocycles. The number of halogens is 3. The summed E-state index contributed by atoms with van der Waals surface area (Å²) in [5, 5.41) is 3.60. The van der Waals surface area contributed by atoms with Gasteiger partial charge in [-0.05, 0) is 18.2 Å². The molecule has 1 rings (SSSR count). The van der Waals surface area contributed by atoms with Crippen LogP contribution in [-0.4, -0.2) is 12.6 Å². The highest BCUT2D eigenvalue weighted by Crippen LogP contribution is 2.21. The smallest absolute Gasteiger partial charge is 0.125 e. The number of hydrogen-bond acceptors (Lipinski definition) is 2.